The molecule has 1 atom stereocenters. The second-order valence-electron chi connectivity index (χ2n) is 6.33. The van der Waals surface area contributed by atoms with Crippen LogP contribution in [-0.2, 0) is 6.54 Å². The van der Waals surface area contributed by atoms with Crippen LogP contribution >= 0.6 is 0 Å². The minimum absolute atomic E-state index is 0.379. The Kier molecular flexibility index (Phi) is 3.94. The number of nitrogens with zero attached hydrogens (tertiary/aromatic N) is 2. The van der Waals surface area contributed by atoms with E-state index in [2.05, 4.69) is 34.3 Å². The van der Waals surface area contributed by atoms with Crippen molar-refractivity contribution >= 4 is 0 Å². The third kappa shape index (κ3) is 2.81. The fourth-order valence-electron chi connectivity index (χ4n) is 3.59. The molecule has 1 N–H and O–H groups in total. The van der Waals surface area contributed by atoms with E-state index in [1.54, 1.807) is 7.11 Å². The van der Waals surface area contributed by atoms with Crippen LogP contribution in [0.3, 0.4) is 0 Å². The van der Waals surface area contributed by atoms with Gasteiger partial charge in [-0.2, -0.15) is 0 Å². The summed E-state index contributed by atoms with van der Waals surface area (Å²) in [5.74, 6) is 0.709. The van der Waals surface area contributed by atoms with E-state index < -0.39 is 0 Å². The average Bonchev–Trinajstić information content (AvgIpc) is 2.92. The minimum atomic E-state index is 0.379. The molecule has 1 aromatic heterocycles. The second-order valence-corrected chi connectivity index (χ2v) is 6.33. The predicted octanol–water partition coefficient (Wildman–Crippen LogP) is 2.20. The summed E-state index contributed by atoms with van der Waals surface area (Å²) in [5.41, 5.74) is 1.67. The van der Waals surface area contributed by atoms with Crippen LogP contribution in [0.5, 0.6) is 5.88 Å². The van der Waals surface area contributed by atoms with Crippen molar-refractivity contribution in [1.29, 1.82) is 0 Å². The van der Waals surface area contributed by atoms with Gasteiger partial charge in [0.2, 0.25) is 5.88 Å². The summed E-state index contributed by atoms with van der Waals surface area (Å²) in [6, 6.07) is 4.73. The van der Waals surface area contributed by atoms with Gasteiger partial charge in [-0.3, -0.25) is 4.90 Å². The van der Waals surface area contributed by atoms with Gasteiger partial charge in [-0.15, -0.1) is 0 Å². The molecule has 1 unspecified atom stereocenters. The van der Waals surface area contributed by atoms with Crippen LogP contribution in [0.25, 0.3) is 0 Å². The maximum atomic E-state index is 5.22. The Balaban J connectivity index is 1.71. The Hall–Kier alpha value is -1.13. The number of ether oxygens (including phenoxy) is 1. The molecule has 1 aromatic rings. The van der Waals surface area contributed by atoms with Crippen LogP contribution in [0.1, 0.15) is 38.2 Å². The lowest BCUT2D eigenvalue weighted by atomic mass is 9.92. The van der Waals surface area contributed by atoms with E-state index in [9.17, 15) is 0 Å². The normalized spacial score (nSPS) is 26.0. The number of hydrogen-bond donors (Lipinski definition) is 1. The summed E-state index contributed by atoms with van der Waals surface area (Å²) >= 11 is 0. The van der Waals surface area contributed by atoms with Gasteiger partial charge in [-0.25, -0.2) is 4.98 Å². The fourth-order valence-corrected chi connectivity index (χ4v) is 3.59. The highest BCUT2D eigenvalue weighted by molar-refractivity contribution is 5.20. The van der Waals surface area contributed by atoms with Crippen LogP contribution in [-0.4, -0.2) is 41.7 Å². The molecule has 110 valence electrons. The van der Waals surface area contributed by atoms with Gasteiger partial charge in [0, 0.05) is 43.5 Å². The quantitative estimate of drug-likeness (QED) is 0.917. The van der Waals surface area contributed by atoms with Crippen LogP contribution in [0, 0.1) is 0 Å². The standard InChI is InChI=1S/C16H25N3O/c1-13-10-18-16(6-3-4-7-16)12-19(13)11-14-5-8-17-15(9-14)20-2/h5,8-9,13,18H,3-4,6-7,10-12H2,1-2H3. The van der Waals surface area contributed by atoms with E-state index in [4.69, 9.17) is 4.74 Å². The summed E-state index contributed by atoms with van der Waals surface area (Å²) in [5, 5.41) is 3.80. The zero-order valence-corrected chi connectivity index (χ0v) is 12.6. The molecule has 0 bridgehead atoms. The highest BCUT2D eigenvalue weighted by Crippen LogP contribution is 2.33. The predicted molar refractivity (Wildman–Crippen MR) is 79.9 cm³/mol. The van der Waals surface area contributed by atoms with E-state index >= 15 is 0 Å². The van der Waals surface area contributed by atoms with E-state index in [0.29, 0.717) is 17.5 Å². The Morgan fingerprint density at radius 2 is 2.25 bits per heavy atom. The Morgan fingerprint density at radius 1 is 1.45 bits per heavy atom. The van der Waals surface area contributed by atoms with Crippen molar-refractivity contribution in [2.24, 2.45) is 0 Å². The summed E-state index contributed by atoms with van der Waals surface area (Å²) in [7, 11) is 1.67. The van der Waals surface area contributed by atoms with Crippen molar-refractivity contribution in [2.45, 2.75) is 50.7 Å². The van der Waals surface area contributed by atoms with E-state index in [1.807, 2.05) is 6.20 Å². The van der Waals surface area contributed by atoms with Crippen molar-refractivity contribution in [3.05, 3.63) is 23.9 Å². The van der Waals surface area contributed by atoms with Crippen molar-refractivity contribution in [1.82, 2.24) is 15.2 Å². The largest absolute Gasteiger partial charge is 0.481 e. The first kappa shape index (κ1) is 13.8. The van der Waals surface area contributed by atoms with E-state index in [0.717, 1.165) is 13.1 Å². The molecule has 2 aliphatic rings. The number of hydrogen-bond acceptors (Lipinski definition) is 4. The molecular weight excluding hydrogens is 250 g/mol. The zero-order valence-electron chi connectivity index (χ0n) is 12.6. The zero-order chi connectivity index (χ0) is 14.0. The van der Waals surface area contributed by atoms with Crippen molar-refractivity contribution in [2.75, 3.05) is 20.2 Å². The molecule has 4 nitrogen and oxygen atoms in total. The maximum Gasteiger partial charge on any atom is 0.213 e. The SMILES string of the molecule is COc1cc(CN2CC3(CCCC3)NCC2C)ccn1. The van der Waals surface area contributed by atoms with Gasteiger partial charge in [-0.05, 0) is 31.4 Å². The molecule has 1 spiro atoms. The van der Waals surface area contributed by atoms with Gasteiger partial charge in [0.1, 0.15) is 0 Å². The van der Waals surface area contributed by atoms with E-state index in [-0.39, 0.29) is 0 Å². The van der Waals surface area contributed by atoms with Crippen molar-refractivity contribution in [3.8, 4) is 5.88 Å². The molecule has 0 radical (unpaired) electrons. The topological polar surface area (TPSA) is 37.4 Å². The maximum absolute atomic E-state index is 5.22. The molecule has 3 rings (SSSR count). The first-order valence-electron chi connectivity index (χ1n) is 7.69. The second kappa shape index (κ2) is 5.70. The third-order valence-corrected chi connectivity index (χ3v) is 4.86. The summed E-state index contributed by atoms with van der Waals surface area (Å²) in [4.78, 5) is 6.80. The lowest BCUT2D eigenvalue weighted by Crippen LogP contribution is -2.62. The van der Waals surface area contributed by atoms with Crippen LogP contribution < -0.4 is 10.1 Å². The number of pyridine rings is 1. The van der Waals surface area contributed by atoms with Crippen LogP contribution in [0.4, 0.5) is 0 Å². The first-order chi connectivity index (χ1) is 9.71. The first-order valence-corrected chi connectivity index (χ1v) is 7.69. The van der Waals surface area contributed by atoms with Crippen LogP contribution in [0.2, 0.25) is 0 Å². The number of nitrogens with one attached hydrogen (secondary N) is 1. The lowest BCUT2D eigenvalue weighted by molar-refractivity contribution is 0.0826. The third-order valence-electron chi connectivity index (χ3n) is 4.86. The van der Waals surface area contributed by atoms with Gasteiger partial charge in [-0.1, -0.05) is 12.8 Å². The highest BCUT2D eigenvalue weighted by atomic mass is 16.5. The van der Waals surface area contributed by atoms with E-state index in [1.165, 1.54) is 37.8 Å². The summed E-state index contributed by atoms with van der Waals surface area (Å²) < 4.78 is 5.22. The molecule has 2 fully saturated rings. The van der Waals surface area contributed by atoms with Gasteiger partial charge in [0.15, 0.2) is 0 Å². The van der Waals surface area contributed by atoms with Crippen molar-refractivity contribution < 1.29 is 4.74 Å². The highest BCUT2D eigenvalue weighted by Gasteiger charge is 2.39. The monoisotopic (exact) mass is 275 g/mol. The average molecular weight is 275 g/mol. The molecule has 20 heavy (non-hydrogen) atoms. The molecule has 1 aliphatic heterocycles. The lowest BCUT2D eigenvalue weighted by Gasteiger charge is -2.45. The number of piperazine rings is 1. The summed E-state index contributed by atoms with van der Waals surface area (Å²) in [6.07, 6.45) is 7.24. The molecule has 4 heteroatoms. The molecule has 0 aromatic carbocycles. The molecule has 1 saturated carbocycles. The molecule has 2 heterocycles. The van der Waals surface area contributed by atoms with Gasteiger partial charge < -0.3 is 10.1 Å². The number of methoxy groups -OCH3 is 1. The van der Waals surface area contributed by atoms with Gasteiger partial charge >= 0.3 is 0 Å². The minimum Gasteiger partial charge on any atom is -0.481 e. The summed E-state index contributed by atoms with van der Waals surface area (Å²) in [6.45, 7) is 5.57. The van der Waals surface area contributed by atoms with Gasteiger partial charge in [0.25, 0.3) is 0 Å². The molecule has 1 aliphatic carbocycles. The smallest absolute Gasteiger partial charge is 0.213 e. The van der Waals surface area contributed by atoms with Gasteiger partial charge in [0.05, 0.1) is 7.11 Å². The Labute approximate surface area is 121 Å². The Bertz CT molecular complexity index is 457. The Morgan fingerprint density at radius 3 is 3.00 bits per heavy atom. The fraction of sp³-hybridized carbons (Fsp3) is 0.688. The molecular formula is C16H25N3O. The molecule has 1 saturated heterocycles. The number of aromatic nitrogens is 1. The van der Waals surface area contributed by atoms with Crippen molar-refractivity contribution in [3.63, 3.8) is 0 Å². The van der Waals surface area contributed by atoms with Crippen LogP contribution in [0.15, 0.2) is 18.3 Å². The number of rotatable bonds is 3. The molecule has 0 amide bonds.